The molecular formula is C16H28O. The van der Waals surface area contributed by atoms with Crippen molar-refractivity contribution < 1.29 is 4.74 Å². The average Bonchev–Trinajstić information content (AvgIpc) is 3.13. The van der Waals surface area contributed by atoms with Crippen molar-refractivity contribution in [1.29, 1.82) is 0 Å². The standard InChI is InChI=1S/C16H28O/c1-12-13(10-15-11-17-15)8-9-16(12,2)14-6-4-3-5-7-14/h12-15H,3-11H2,1-2H3/t12?,13?,15-,16?/m0/s1. The molecule has 3 fully saturated rings. The van der Waals surface area contributed by atoms with E-state index in [0.29, 0.717) is 11.5 Å². The summed E-state index contributed by atoms with van der Waals surface area (Å²) in [5.41, 5.74) is 0.653. The summed E-state index contributed by atoms with van der Waals surface area (Å²) in [4.78, 5) is 0. The van der Waals surface area contributed by atoms with Gasteiger partial charge in [-0.25, -0.2) is 0 Å². The highest BCUT2D eigenvalue weighted by molar-refractivity contribution is 4.97. The predicted molar refractivity (Wildman–Crippen MR) is 70.9 cm³/mol. The molecule has 0 aromatic heterocycles. The van der Waals surface area contributed by atoms with Crippen molar-refractivity contribution in [1.82, 2.24) is 0 Å². The summed E-state index contributed by atoms with van der Waals surface area (Å²) < 4.78 is 5.43. The number of hydrogen-bond donors (Lipinski definition) is 0. The molecule has 0 N–H and O–H groups in total. The van der Waals surface area contributed by atoms with Crippen LogP contribution in [-0.2, 0) is 4.74 Å². The molecule has 1 aliphatic heterocycles. The highest BCUT2D eigenvalue weighted by Gasteiger charge is 2.48. The maximum Gasteiger partial charge on any atom is 0.0812 e. The van der Waals surface area contributed by atoms with E-state index in [2.05, 4.69) is 13.8 Å². The third-order valence-corrected chi connectivity index (χ3v) is 6.31. The summed E-state index contributed by atoms with van der Waals surface area (Å²) in [6.07, 6.45) is 12.4. The Morgan fingerprint density at radius 1 is 1.12 bits per heavy atom. The first kappa shape index (κ1) is 12.0. The lowest BCUT2D eigenvalue weighted by atomic mass is 9.64. The number of ether oxygens (including phenoxy) is 1. The van der Waals surface area contributed by atoms with Crippen LogP contribution < -0.4 is 0 Å². The zero-order valence-electron chi connectivity index (χ0n) is 11.6. The number of epoxide rings is 1. The van der Waals surface area contributed by atoms with E-state index in [9.17, 15) is 0 Å². The number of rotatable bonds is 3. The van der Waals surface area contributed by atoms with Gasteiger partial charge in [0.2, 0.25) is 0 Å². The monoisotopic (exact) mass is 236 g/mol. The van der Waals surface area contributed by atoms with Gasteiger partial charge in [0, 0.05) is 0 Å². The van der Waals surface area contributed by atoms with Crippen LogP contribution in [0.5, 0.6) is 0 Å². The second-order valence-corrected chi connectivity index (χ2v) is 7.12. The van der Waals surface area contributed by atoms with Gasteiger partial charge in [0.25, 0.3) is 0 Å². The minimum atomic E-state index is 0.635. The van der Waals surface area contributed by atoms with Gasteiger partial charge in [0.15, 0.2) is 0 Å². The summed E-state index contributed by atoms with van der Waals surface area (Å²) in [7, 11) is 0. The van der Waals surface area contributed by atoms with Gasteiger partial charge in [-0.3, -0.25) is 0 Å². The average molecular weight is 236 g/mol. The summed E-state index contributed by atoms with van der Waals surface area (Å²) in [6.45, 7) is 6.18. The lowest BCUT2D eigenvalue weighted by molar-refractivity contribution is 0.0812. The minimum Gasteiger partial charge on any atom is -0.373 e. The summed E-state index contributed by atoms with van der Waals surface area (Å²) in [6, 6.07) is 0. The van der Waals surface area contributed by atoms with E-state index in [1.54, 1.807) is 0 Å². The van der Waals surface area contributed by atoms with Gasteiger partial charge in [-0.2, -0.15) is 0 Å². The van der Waals surface area contributed by atoms with Crippen molar-refractivity contribution in [2.45, 2.75) is 71.3 Å². The molecule has 3 unspecified atom stereocenters. The summed E-state index contributed by atoms with van der Waals surface area (Å²) >= 11 is 0. The van der Waals surface area contributed by atoms with E-state index < -0.39 is 0 Å². The molecule has 0 bridgehead atoms. The molecule has 98 valence electrons. The van der Waals surface area contributed by atoms with Crippen LogP contribution >= 0.6 is 0 Å². The third kappa shape index (κ3) is 2.28. The molecule has 0 spiro atoms. The van der Waals surface area contributed by atoms with Gasteiger partial charge in [0.05, 0.1) is 12.7 Å². The lowest BCUT2D eigenvalue weighted by Gasteiger charge is -2.41. The molecule has 1 heteroatoms. The van der Waals surface area contributed by atoms with Crippen LogP contribution in [0.2, 0.25) is 0 Å². The highest BCUT2D eigenvalue weighted by atomic mass is 16.6. The fourth-order valence-electron chi connectivity index (χ4n) is 4.71. The van der Waals surface area contributed by atoms with Gasteiger partial charge in [0.1, 0.15) is 0 Å². The molecule has 3 aliphatic rings. The molecule has 3 rings (SSSR count). The van der Waals surface area contributed by atoms with Crippen LogP contribution in [0, 0.1) is 23.2 Å². The zero-order chi connectivity index (χ0) is 11.9. The Morgan fingerprint density at radius 3 is 2.47 bits per heavy atom. The Morgan fingerprint density at radius 2 is 1.82 bits per heavy atom. The van der Waals surface area contributed by atoms with Gasteiger partial charge in [-0.1, -0.05) is 33.1 Å². The SMILES string of the molecule is CC1C(C[C@H]2CO2)CCC1(C)C1CCCCC1. The Hall–Kier alpha value is -0.0400. The summed E-state index contributed by atoms with van der Waals surface area (Å²) in [5.74, 6) is 2.90. The first-order valence-corrected chi connectivity index (χ1v) is 7.82. The maximum absolute atomic E-state index is 5.43. The van der Waals surface area contributed by atoms with Gasteiger partial charge in [-0.05, 0) is 55.3 Å². The van der Waals surface area contributed by atoms with Crippen LogP contribution in [0.25, 0.3) is 0 Å². The molecule has 0 radical (unpaired) electrons. The predicted octanol–water partition coefficient (Wildman–Crippen LogP) is 4.41. The van der Waals surface area contributed by atoms with Crippen molar-refractivity contribution in [3.8, 4) is 0 Å². The normalized spacial score (nSPS) is 47.3. The first-order valence-electron chi connectivity index (χ1n) is 7.82. The topological polar surface area (TPSA) is 12.5 Å². The molecule has 2 saturated carbocycles. The molecule has 2 aliphatic carbocycles. The van der Waals surface area contributed by atoms with Crippen LogP contribution in [0.3, 0.4) is 0 Å². The number of hydrogen-bond acceptors (Lipinski definition) is 1. The maximum atomic E-state index is 5.43. The molecule has 1 saturated heterocycles. The van der Waals surface area contributed by atoms with Crippen LogP contribution in [0.4, 0.5) is 0 Å². The van der Waals surface area contributed by atoms with E-state index in [0.717, 1.165) is 24.4 Å². The Bertz CT molecular complexity index is 265. The van der Waals surface area contributed by atoms with Crippen molar-refractivity contribution in [3.63, 3.8) is 0 Å². The molecule has 0 aromatic rings. The van der Waals surface area contributed by atoms with E-state index in [-0.39, 0.29) is 0 Å². The smallest absolute Gasteiger partial charge is 0.0812 e. The molecular weight excluding hydrogens is 208 g/mol. The Balaban J connectivity index is 1.64. The van der Waals surface area contributed by atoms with Crippen molar-refractivity contribution in [2.75, 3.05) is 6.61 Å². The fourth-order valence-corrected chi connectivity index (χ4v) is 4.71. The Kier molecular flexibility index (Phi) is 3.23. The van der Waals surface area contributed by atoms with Crippen LogP contribution in [0.1, 0.15) is 65.2 Å². The van der Waals surface area contributed by atoms with Gasteiger partial charge in [-0.15, -0.1) is 0 Å². The van der Waals surface area contributed by atoms with Crippen molar-refractivity contribution in [3.05, 3.63) is 0 Å². The second kappa shape index (κ2) is 4.57. The van der Waals surface area contributed by atoms with Crippen LogP contribution in [-0.4, -0.2) is 12.7 Å². The highest BCUT2D eigenvalue weighted by Crippen LogP contribution is 2.56. The van der Waals surface area contributed by atoms with Gasteiger partial charge >= 0.3 is 0 Å². The first-order chi connectivity index (χ1) is 8.20. The molecule has 1 nitrogen and oxygen atoms in total. The minimum absolute atomic E-state index is 0.635. The summed E-state index contributed by atoms with van der Waals surface area (Å²) in [5, 5.41) is 0. The third-order valence-electron chi connectivity index (χ3n) is 6.31. The van der Waals surface area contributed by atoms with E-state index >= 15 is 0 Å². The second-order valence-electron chi connectivity index (χ2n) is 7.12. The molecule has 17 heavy (non-hydrogen) atoms. The molecule has 0 aromatic carbocycles. The van der Waals surface area contributed by atoms with Gasteiger partial charge < -0.3 is 4.74 Å². The molecule has 4 atom stereocenters. The Labute approximate surface area is 106 Å². The molecule has 1 heterocycles. The quantitative estimate of drug-likeness (QED) is 0.661. The van der Waals surface area contributed by atoms with Crippen LogP contribution in [0.15, 0.2) is 0 Å². The van der Waals surface area contributed by atoms with E-state index in [4.69, 9.17) is 4.74 Å². The zero-order valence-corrected chi connectivity index (χ0v) is 11.6. The van der Waals surface area contributed by atoms with E-state index in [1.165, 1.54) is 51.4 Å². The largest absolute Gasteiger partial charge is 0.373 e. The molecule has 0 amide bonds. The van der Waals surface area contributed by atoms with E-state index in [1.807, 2.05) is 0 Å². The van der Waals surface area contributed by atoms with Crippen molar-refractivity contribution in [2.24, 2.45) is 23.2 Å². The van der Waals surface area contributed by atoms with Crippen molar-refractivity contribution >= 4 is 0 Å². The lowest BCUT2D eigenvalue weighted by Crippen LogP contribution is -2.33. The fraction of sp³-hybridized carbons (Fsp3) is 1.00.